The van der Waals surface area contributed by atoms with E-state index in [1.165, 1.54) is 212 Å². The monoisotopic (exact) mass is 1140 g/mol. The first-order chi connectivity index (χ1) is 39.0. The van der Waals surface area contributed by atoms with E-state index in [4.69, 9.17) is 18.5 Å². The molecule has 0 amide bonds. The van der Waals surface area contributed by atoms with Crippen molar-refractivity contribution in [1.82, 2.24) is 0 Å². The summed E-state index contributed by atoms with van der Waals surface area (Å²) in [5, 5.41) is 0. The summed E-state index contributed by atoms with van der Waals surface area (Å²) in [6.07, 6.45) is 81.4. The number of carbonyl (C=O) groups excluding carboxylic acids is 2. The molecule has 2 atom stereocenters. The van der Waals surface area contributed by atoms with Crippen LogP contribution in [0.4, 0.5) is 0 Å². The zero-order valence-corrected chi connectivity index (χ0v) is 54.0. The predicted molar refractivity (Wildman–Crippen MR) is 344 cm³/mol. The molecule has 1 N–H and O–H groups in total. The van der Waals surface area contributed by atoms with Gasteiger partial charge in [0.1, 0.15) is 19.8 Å². The third-order valence-electron chi connectivity index (χ3n) is 14.7. The Morgan fingerprint density at radius 3 is 1.06 bits per heavy atom. The van der Waals surface area contributed by atoms with Crippen LogP contribution in [0.15, 0.2) is 72.9 Å². The van der Waals surface area contributed by atoms with Crippen LogP contribution in [0.2, 0.25) is 0 Å². The molecule has 0 spiro atoms. The third-order valence-corrected chi connectivity index (χ3v) is 15.7. The number of hydrogen-bond acceptors (Lipinski definition) is 7. The summed E-state index contributed by atoms with van der Waals surface area (Å²) in [5.74, 6) is -0.786. The second kappa shape index (κ2) is 61.0. The summed E-state index contributed by atoms with van der Waals surface area (Å²) in [7, 11) is 1.48. The van der Waals surface area contributed by atoms with Crippen molar-refractivity contribution in [2.75, 3.05) is 47.5 Å². The molecule has 0 aromatic carbocycles. The fourth-order valence-corrected chi connectivity index (χ4v) is 10.3. The van der Waals surface area contributed by atoms with Gasteiger partial charge < -0.3 is 18.9 Å². The van der Waals surface area contributed by atoms with E-state index in [0.717, 1.165) is 64.2 Å². The molecule has 0 heterocycles. The lowest BCUT2D eigenvalue weighted by Gasteiger charge is -2.24. The maximum atomic E-state index is 12.9. The molecule has 0 saturated heterocycles. The maximum absolute atomic E-state index is 12.9. The van der Waals surface area contributed by atoms with Gasteiger partial charge in [-0.2, -0.15) is 0 Å². The van der Waals surface area contributed by atoms with E-state index < -0.39 is 26.5 Å². The Morgan fingerprint density at radius 2 is 0.713 bits per heavy atom. The van der Waals surface area contributed by atoms with Gasteiger partial charge in [-0.05, 0) is 83.5 Å². The normalized spacial score (nSPS) is 13.6. The lowest BCUT2D eigenvalue weighted by molar-refractivity contribution is -0.870. The molecule has 10 heteroatoms. The molecular formula is C70H129NO8P+. The van der Waals surface area contributed by atoms with Gasteiger partial charge in [-0.1, -0.05) is 286 Å². The Labute approximate surface area is 495 Å². The Morgan fingerprint density at radius 1 is 0.400 bits per heavy atom. The van der Waals surface area contributed by atoms with Crippen LogP contribution < -0.4 is 0 Å². The number of unbranched alkanes of at least 4 members (excludes halogenated alkanes) is 36. The minimum atomic E-state index is -4.39. The first-order valence-electron chi connectivity index (χ1n) is 33.7. The van der Waals surface area contributed by atoms with Gasteiger partial charge in [-0.3, -0.25) is 18.6 Å². The molecule has 2 unspecified atom stereocenters. The van der Waals surface area contributed by atoms with Gasteiger partial charge >= 0.3 is 19.8 Å². The molecule has 9 nitrogen and oxygen atoms in total. The van der Waals surface area contributed by atoms with Crippen molar-refractivity contribution in [3.05, 3.63) is 72.9 Å². The summed E-state index contributed by atoms with van der Waals surface area (Å²) in [6, 6.07) is 0. The van der Waals surface area contributed by atoms with Gasteiger partial charge in [-0.25, -0.2) is 4.57 Å². The number of allylic oxidation sites excluding steroid dienone is 12. The molecule has 466 valence electrons. The van der Waals surface area contributed by atoms with Gasteiger partial charge in [0.25, 0.3) is 0 Å². The second-order valence-corrected chi connectivity index (χ2v) is 25.3. The van der Waals surface area contributed by atoms with Crippen LogP contribution in [0.3, 0.4) is 0 Å². The first-order valence-corrected chi connectivity index (χ1v) is 35.2. The molecule has 0 aliphatic heterocycles. The van der Waals surface area contributed by atoms with Gasteiger partial charge in [0, 0.05) is 12.8 Å². The number of phosphoric ester groups is 1. The molecule has 0 radical (unpaired) electrons. The van der Waals surface area contributed by atoms with Crippen LogP contribution in [0.1, 0.15) is 309 Å². The van der Waals surface area contributed by atoms with E-state index in [0.29, 0.717) is 17.4 Å². The smallest absolute Gasteiger partial charge is 0.462 e. The quantitative estimate of drug-likeness (QED) is 0.0211. The largest absolute Gasteiger partial charge is 0.472 e. The number of phosphoric acid groups is 1. The minimum absolute atomic E-state index is 0.0313. The molecule has 0 bridgehead atoms. The number of ether oxygens (including phenoxy) is 2. The fraction of sp³-hybridized carbons (Fsp3) is 0.800. The maximum Gasteiger partial charge on any atom is 0.472 e. The Bertz CT molecular complexity index is 1580. The summed E-state index contributed by atoms with van der Waals surface area (Å²) in [5.41, 5.74) is 0. The Hall–Kier alpha value is -2.55. The number of hydrogen-bond donors (Lipinski definition) is 1. The number of quaternary nitrogens is 1. The molecule has 80 heavy (non-hydrogen) atoms. The molecule has 0 aliphatic rings. The zero-order valence-electron chi connectivity index (χ0n) is 53.1. The first kappa shape index (κ1) is 77.5. The predicted octanol–water partition coefficient (Wildman–Crippen LogP) is 21.6. The van der Waals surface area contributed by atoms with Gasteiger partial charge in [0.15, 0.2) is 6.10 Å². The number of likely N-dealkylation sites (N-methyl/N-ethyl adjacent to an activating group) is 1. The van der Waals surface area contributed by atoms with Crippen LogP contribution >= 0.6 is 7.82 Å². The average Bonchev–Trinajstić information content (AvgIpc) is 3.42. The molecule has 0 aliphatic carbocycles. The van der Waals surface area contributed by atoms with E-state index in [9.17, 15) is 19.0 Å². The highest BCUT2D eigenvalue weighted by atomic mass is 31.2. The van der Waals surface area contributed by atoms with Gasteiger partial charge in [0.05, 0.1) is 27.7 Å². The highest BCUT2D eigenvalue weighted by Crippen LogP contribution is 2.43. The van der Waals surface area contributed by atoms with Crippen LogP contribution in [-0.2, 0) is 32.7 Å². The summed E-state index contributed by atoms with van der Waals surface area (Å²) < 4.78 is 34.7. The van der Waals surface area contributed by atoms with Crippen molar-refractivity contribution >= 4 is 19.8 Å². The van der Waals surface area contributed by atoms with E-state index in [-0.39, 0.29) is 32.0 Å². The Balaban J connectivity index is 4.05. The van der Waals surface area contributed by atoms with Crippen LogP contribution in [-0.4, -0.2) is 74.9 Å². The summed E-state index contributed by atoms with van der Waals surface area (Å²) >= 11 is 0. The summed E-state index contributed by atoms with van der Waals surface area (Å²) in [4.78, 5) is 35.8. The molecular weight excluding hydrogens is 1010 g/mol. The average molecular weight is 1140 g/mol. The Kier molecular flexibility index (Phi) is 59.1. The number of esters is 2. The van der Waals surface area contributed by atoms with E-state index in [1.54, 1.807) is 0 Å². The highest BCUT2D eigenvalue weighted by Gasteiger charge is 2.27. The van der Waals surface area contributed by atoms with E-state index in [1.807, 2.05) is 21.1 Å². The van der Waals surface area contributed by atoms with Crippen molar-refractivity contribution in [2.45, 2.75) is 315 Å². The number of nitrogens with zero attached hydrogens (tertiary/aromatic N) is 1. The number of rotatable bonds is 62. The minimum Gasteiger partial charge on any atom is -0.462 e. The number of carbonyl (C=O) groups is 2. The lowest BCUT2D eigenvalue weighted by Crippen LogP contribution is -2.37. The summed E-state index contributed by atoms with van der Waals surface area (Å²) in [6.45, 7) is 4.35. The third kappa shape index (κ3) is 64.6. The lowest BCUT2D eigenvalue weighted by atomic mass is 10.0. The topological polar surface area (TPSA) is 108 Å². The standard InChI is InChI=1S/C70H128NO8P/c1-6-8-10-12-14-16-18-20-22-24-26-28-30-32-34-35-37-39-41-43-45-47-49-51-53-55-57-59-61-63-70(73)79-68(67-78-80(74,75)77-65-64-71(3,4)5)66-76-69(72)62-60-58-56-54-52-50-48-46-44-42-40-38-36-33-31-29-27-25-23-21-19-17-15-13-11-9-7-2/h8,10,14,16,19-22,25-28,68H,6-7,9,11-13,15,17-18,23-24,29-67H2,1-5H3/p+1/b10-8-,16-14-,21-19-,22-20-,27-25-,28-26-. The van der Waals surface area contributed by atoms with Crippen molar-refractivity contribution in [1.29, 1.82) is 0 Å². The molecule has 0 rings (SSSR count). The van der Waals surface area contributed by atoms with E-state index in [2.05, 4.69) is 86.8 Å². The van der Waals surface area contributed by atoms with Crippen molar-refractivity contribution < 1.29 is 42.1 Å². The van der Waals surface area contributed by atoms with Crippen molar-refractivity contribution in [2.24, 2.45) is 0 Å². The van der Waals surface area contributed by atoms with Crippen molar-refractivity contribution in [3.63, 3.8) is 0 Å². The van der Waals surface area contributed by atoms with Crippen LogP contribution in [0.25, 0.3) is 0 Å². The van der Waals surface area contributed by atoms with Gasteiger partial charge in [0.2, 0.25) is 0 Å². The fourth-order valence-electron chi connectivity index (χ4n) is 9.57. The second-order valence-electron chi connectivity index (χ2n) is 23.8. The SMILES string of the molecule is CC/C=C\C/C=C\C/C=C\C/C=C\CCCCCCCCCCCCCCCCCCC(=O)OC(COC(=O)CCCCCCCCCCCCCCCCC/C=C\C/C=C\CCCCCCC)COP(=O)(O)OCC[N+](C)(C)C. The molecule has 0 fully saturated rings. The van der Waals surface area contributed by atoms with E-state index >= 15 is 0 Å². The van der Waals surface area contributed by atoms with Crippen LogP contribution in [0.5, 0.6) is 0 Å². The zero-order chi connectivity index (χ0) is 58.4. The molecule has 0 saturated carbocycles. The molecule has 0 aromatic rings. The molecule has 0 aromatic heterocycles. The van der Waals surface area contributed by atoms with Crippen LogP contribution in [0, 0.1) is 0 Å². The van der Waals surface area contributed by atoms with Gasteiger partial charge in [-0.15, -0.1) is 0 Å². The highest BCUT2D eigenvalue weighted by molar-refractivity contribution is 7.47. The van der Waals surface area contributed by atoms with Crippen molar-refractivity contribution in [3.8, 4) is 0 Å².